The molecule has 1 fully saturated rings. The zero-order valence-corrected chi connectivity index (χ0v) is 11.5. The summed E-state index contributed by atoms with van der Waals surface area (Å²) in [5.74, 6) is -0.0976. The van der Waals surface area contributed by atoms with Gasteiger partial charge in [-0.1, -0.05) is 12.1 Å². The van der Waals surface area contributed by atoms with Gasteiger partial charge in [-0.3, -0.25) is 4.79 Å². The lowest BCUT2D eigenvalue weighted by Crippen LogP contribution is -2.44. The first-order valence-corrected chi connectivity index (χ1v) is 6.92. The van der Waals surface area contributed by atoms with Crippen LogP contribution in [0.4, 0.5) is 4.39 Å². The van der Waals surface area contributed by atoms with Crippen molar-refractivity contribution in [2.24, 2.45) is 0 Å². The molecule has 1 aromatic rings. The van der Waals surface area contributed by atoms with E-state index in [0.717, 1.165) is 24.9 Å². The van der Waals surface area contributed by atoms with Gasteiger partial charge in [0.15, 0.2) is 0 Å². The third kappa shape index (κ3) is 3.13. The number of hydrogen-bond acceptors (Lipinski definition) is 2. The summed E-state index contributed by atoms with van der Waals surface area (Å²) in [5, 5.41) is 3.24. The fourth-order valence-electron chi connectivity index (χ4n) is 2.64. The standard InChI is InChI=1S/C15H21FN2O/c1-3-18(15(19)14-5-4-10-17-14)11(2)12-6-8-13(16)9-7-12/h6-9,11,14,17H,3-5,10H2,1-2H3/t11?,14-/m0/s1. The summed E-state index contributed by atoms with van der Waals surface area (Å²) >= 11 is 0. The summed E-state index contributed by atoms with van der Waals surface area (Å²) in [6.07, 6.45) is 1.96. The van der Waals surface area contributed by atoms with Gasteiger partial charge in [0.25, 0.3) is 0 Å². The Kier molecular flexibility index (Phi) is 4.53. The third-order valence-electron chi connectivity index (χ3n) is 3.80. The number of halogens is 1. The van der Waals surface area contributed by atoms with Gasteiger partial charge in [0.2, 0.25) is 5.91 Å². The number of nitrogens with zero attached hydrogens (tertiary/aromatic N) is 1. The van der Waals surface area contributed by atoms with Crippen LogP contribution in [0.25, 0.3) is 0 Å². The molecule has 0 bridgehead atoms. The Bertz CT molecular complexity index is 426. The predicted octanol–water partition coefficient (Wildman–Crippen LogP) is 2.49. The van der Waals surface area contributed by atoms with Crippen molar-refractivity contribution < 1.29 is 9.18 Å². The molecule has 4 heteroatoms. The van der Waals surface area contributed by atoms with Crippen LogP contribution in [-0.4, -0.2) is 29.9 Å². The topological polar surface area (TPSA) is 32.3 Å². The first-order chi connectivity index (χ1) is 9.13. The number of hydrogen-bond donors (Lipinski definition) is 1. The molecule has 0 aromatic heterocycles. The summed E-state index contributed by atoms with van der Waals surface area (Å²) in [7, 11) is 0. The second-order valence-electron chi connectivity index (χ2n) is 5.00. The molecule has 1 aromatic carbocycles. The Morgan fingerprint density at radius 3 is 2.68 bits per heavy atom. The van der Waals surface area contributed by atoms with Gasteiger partial charge < -0.3 is 10.2 Å². The van der Waals surface area contributed by atoms with E-state index >= 15 is 0 Å². The van der Waals surface area contributed by atoms with E-state index in [2.05, 4.69) is 5.32 Å². The zero-order valence-electron chi connectivity index (χ0n) is 11.5. The molecular weight excluding hydrogens is 243 g/mol. The van der Waals surface area contributed by atoms with E-state index in [-0.39, 0.29) is 23.8 Å². The summed E-state index contributed by atoms with van der Waals surface area (Å²) < 4.78 is 12.9. The fourth-order valence-corrected chi connectivity index (χ4v) is 2.64. The number of nitrogens with one attached hydrogen (secondary N) is 1. The van der Waals surface area contributed by atoms with Crippen LogP contribution in [0.15, 0.2) is 24.3 Å². The molecule has 1 N–H and O–H groups in total. The SMILES string of the molecule is CCN(C(=O)[C@@H]1CCCN1)C(C)c1ccc(F)cc1. The van der Waals surface area contributed by atoms with Crippen molar-refractivity contribution in [2.75, 3.05) is 13.1 Å². The van der Waals surface area contributed by atoms with E-state index in [4.69, 9.17) is 0 Å². The predicted molar refractivity (Wildman–Crippen MR) is 73.2 cm³/mol. The van der Waals surface area contributed by atoms with Crippen LogP contribution in [-0.2, 0) is 4.79 Å². The summed E-state index contributed by atoms with van der Waals surface area (Å²) in [4.78, 5) is 14.3. The molecule has 0 aliphatic carbocycles. The highest BCUT2D eigenvalue weighted by Crippen LogP contribution is 2.22. The second-order valence-corrected chi connectivity index (χ2v) is 5.00. The Morgan fingerprint density at radius 1 is 1.47 bits per heavy atom. The number of benzene rings is 1. The normalized spacial score (nSPS) is 20.3. The quantitative estimate of drug-likeness (QED) is 0.906. The van der Waals surface area contributed by atoms with Gasteiger partial charge in [-0.25, -0.2) is 4.39 Å². The van der Waals surface area contributed by atoms with Crippen molar-refractivity contribution in [3.8, 4) is 0 Å². The third-order valence-corrected chi connectivity index (χ3v) is 3.80. The van der Waals surface area contributed by atoms with Crippen LogP contribution in [0.3, 0.4) is 0 Å². The van der Waals surface area contributed by atoms with Gasteiger partial charge in [-0.05, 0) is 50.9 Å². The van der Waals surface area contributed by atoms with Crippen molar-refractivity contribution in [1.82, 2.24) is 10.2 Å². The molecule has 1 saturated heterocycles. The molecule has 0 spiro atoms. The van der Waals surface area contributed by atoms with Crippen LogP contribution in [0, 0.1) is 5.82 Å². The minimum Gasteiger partial charge on any atom is -0.335 e. The molecule has 1 heterocycles. The number of carbonyl (C=O) groups excluding carboxylic acids is 1. The van der Waals surface area contributed by atoms with E-state index in [1.165, 1.54) is 12.1 Å². The maximum Gasteiger partial charge on any atom is 0.240 e. The Morgan fingerprint density at radius 2 is 2.16 bits per heavy atom. The minimum absolute atomic E-state index is 0.0273. The van der Waals surface area contributed by atoms with Crippen LogP contribution in [0.5, 0.6) is 0 Å². The van der Waals surface area contributed by atoms with E-state index in [0.29, 0.717) is 6.54 Å². The largest absolute Gasteiger partial charge is 0.335 e. The molecule has 1 aliphatic rings. The molecule has 19 heavy (non-hydrogen) atoms. The lowest BCUT2D eigenvalue weighted by atomic mass is 10.1. The summed E-state index contributed by atoms with van der Waals surface area (Å²) in [6, 6.07) is 6.30. The molecular formula is C15H21FN2O. The maximum absolute atomic E-state index is 12.9. The molecule has 1 unspecified atom stereocenters. The van der Waals surface area contributed by atoms with Crippen molar-refractivity contribution in [3.05, 3.63) is 35.6 Å². The Labute approximate surface area is 113 Å². The lowest BCUT2D eigenvalue weighted by molar-refractivity contribution is -0.135. The van der Waals surface area contributed by atoms with Crippen LogP contribution in [0.2, 0.25) is 0 Å². The van der Waals surface area contributed by atoms with Crippen molar-refractivity contribution >= 4 is 5.91 Å². The molecule has 2 rings (SSSR count). The highest BCUT2D eigenvalue weighted by atomic mass is 19.1. The first kappa shape index (κ1) is 14.0. The van der Waals surface area contributed by atoms with Crippen LogP contribution in [0.1, 0.15) is 38.3 Å². The number of likely N-dealkylation sites (N-methyl/N-ethyl adjacent to an activating group) is 1. The first-order valence-electron chi connectivity index (χ1n) is 6.92. The maximum atomic E-state index is 12.9. The van der Waals surface area contributed by atoms with E-state index < -0.39 is 0 Å². The van der Waals surface area contributed by atoms with Crippen molar-refractivity contribution in [3.63, 3.8) is 0 Å². The Balaban J connectivity index is 2.11. The zero-order chi connectivity index (χ0) is 13.8. The summed E-state index contributed by atoms with van der Waals surface area (Å²) in [6.45, 7) is 5.55. The van der Waals surface area contributed by atoms with Gasteiger partial charge in [0.05, 0.1) is 12.1 Å². The number of amides is 1. The van der Waals surface area contributed by atoms with E-state index in [1.54, 1.807) is 12.1 Å². The highest BCUT2D eigenvalue weighted by Gasteiger charge is 2.29. The van der Waals surface area contributed by atoms with Crippen molar-refractivity contribution in [1.29, 1.82) is 0 Å². The average molecular weight is 264 g/mol. The molecule has 0 radical (unpaired) electrons. The Hall–Kier alpha value is -1.42. The van der Waals surface area contributed by atoms with Gasteiger partial charge >= 0.3 is 0 Å². The number of rotatable bonds is 4. The monoisotopic (exact) mass is 264 g/mol. The van der Waals surface area contributed by atoms with Gasteiger partial charge in [0, 0.05) is 6.54 Å². The molecule has 1 aliphatic heterocycles. The highest BCUT2D eigenvalue weighted by molar-refractivity contribution is 5.82. The molecule has 3 nitrogen and oxygen atoms in total. The molecule has 2 atom stereocenters. The van der Waals surface area contributed by atoms with Crippen molar-refractivity contribution in [2.45, 2.75) is 38.8 Å². The van der Waals surface area contributed by atoms with Crippen LogP contribution >= 0.6 is 0 Å². The van der Waals surface area contributed by atoms with Crippen LogP contribution < -0.4 is 5.32 Å². The molecule has 0 saturated carbocycles. The fraction of sp³-hybridized carbons (Fsp3) is 0.533. The second kappa shape index (κ2) is 6.15. The van der Waals surface area contributed by atoms with Gasteiger partial charge in [-0.15, -0.1) is 0 Å². The molecule has 1 amide bonds. The lowest BCUT2D eigenvalue weighted by Gasteiger charge is -2.30. The number of carbonyl (C=O) groups is 1. The van der Waals surface area contributed by atoms with E-state index in [9.17, 15) is 9.18 Å². The summed E-state index contributed by atoms with van der Waals surface area (Å²) in [5.41, 5.74) is 0.967. The van der Waals surface area contributed by atoms with E-state index in [1.807, 2.05) is 18.7 Å². The smallest absolute Gasteiger partial charge is 0.240 e. The minimum atomic E-state index is -0.247. The average Bonchev–Trinajstić information content (AvgIpc) is 2.94. The molecule has 104 valence electrons. The van der Waals surface area contributed by atoms with Gasteiger partial charge in [-0.2, -0.15) is 0 Å². The van der Waals surface area contributed by atoms with Gasteiger partial charge in [0.1, 0.15) is 5.82 Å².